The van der Waals surface area contributed by atoms with Crippen molar-refractivity contribution >= 4 is 9.84 Å². The van der Waals surface area contributed by atoms with Crippen molar-refractivity contribution in [3.8, 4) is 22.4 Å². The van der Waals surface area contributed by atoms with Gasteiger partial charge in [-0.2, -0.15) is 0 Å². The van der Waals surface area contributed by atoms with E-state index in [1.54, 1.807) is 24.7 Å². The summed E-state index contributed by atoms with van der Waals surface area (Å²) in [6, 6.07) is 13.1. The van der Waals surface area contributed by atoms with Crippen molar-refractivity contribution in [2.24, 2.45) is 0 Å². The van der Waals surface area contributed by atoms with E-state index in [-0.39, 0.29) is 4.90 Å². The molecule has 0 spiro atoms. The van der Waals surface area contributed by atoms with E-state index in [1.807, 2.05) is 43.3 Å². The Labute approximate surface area is 135 Å². The zero-order chi connectivity index (χ0) is 16.4. The van der Waals surface area contributed by atoms with Crippen LogP contribution in [-0.4, -0.2) is 24.6 Å². The van der Waals surface area contributed by atoms with Gasteiger partial charge in [0.2, 0.25) is 0 Å². The Morgan fingerprint density at radius 1 is 0.913 bits per heavy atom. The predicted molar refractivity (Wildman–Crippen MR) is 90.8 cm³/mol. The Morgan fingerprint density at radius 3 is 2.22 bits per heavy atom. The predicted octanol–water partition coefficient (Wildman–Crippen LogP) is 3.52. The lowest BCUT2D eigenvalue weighted by atomic mass is 10.00. The molecule has 0 amide bonds. The molecule has 0 aliphatic rings. The molecule has 5 heteroatoms. The summed E-state index contributed by atoms with van der Waals surface area (Å²) in [7, 11) is -3.47. The van der Waals surface area contributed by atoms with Gasteiger partial charge >= 0.3 is 0 Å². The van der Waals surface area contributed by atoms with E-state index in [2.05, 4.69) is 9.97 Å². The summed E-state index contributed by atoms with van der Waals surface area (Å²) in [4.78, 5) is 8.70. The highest BCUT2D eigenvalue weighted by atomic mass is 32.2. The maximum absolute atomic E-state index is 12.5. The summed E-state index contributed by atoms with van der Waals surface area (Å²) in [5.74, 6) is 0. The number of hydrogen-bond acceptors (Lipinski definition) is 4. The third-order valence-corrected chi connectivity index (χ3v) is 4.73. The lowest BCUT2D eigenvalue weighted by molar-refractivity contribution is 0.602. The van der Waals surface area contributed by atoms with Crippen LogP contribution in [0, 0.1) is 6.92 Å². The van der Waals surface area contributed by atoms with Crippen molar-refractivity contribution in [2.45, 2.75) is 11.8 Å². The normalized spacial score (nSPS) is 11.4. The van der Waals surface area contributed by atoms with E-state index < -0.39 is 9.84 Å². The summed E-state index contributed by atoms with van der Waals surface area (Å²) in [6.45, 7) is 1.87. The van der Waals surface area contributed by atoms with E-state index >= 15 is 0 Å². The van der Waals surface area contributed by atoms with Crippen LogP contribution in [0.5, 0.6) is 0 Å². The Bertz CT molecular complexity index is 938. The van der Waals surface area contributed by atoms with Crippen LogP contribution in [0.2, 0.25) is 0 Å². The van der Waals surface area contributed by atoms with Crippen LogP contribution in [0.25, 0.3) is 22.4 Å². The molecule has 1 aromatic carbocycles. The molecular weight excluding hydrogens is 308 g/mol. The van der Waals surface area contributed by atoms with Gasteiger partial charge in [0.1, 0.15) is 4.90 Å². The molecule has 0 atom stereocenters. The number of pyridine rings is 2. The standard InChI is InChI=1S/C18H16N2O2S/c1-13-11-20-17(15-9-6-10-19-12-15)18(23(2,21)22)16(13)14-7-4-3-5-8-14/h3-12H,1-2H3. The van der Waals surface area contributed by atoms with E-state index in [9.17, 15) is 8.42 Å². The van der Waals surface area contributed by atoms with Crippen molar-refractivity contribution in [1.29, 1.82) is 0 Å². The van der Waals surface area contributed by atoms with Gasteiger partial charge in [0.15, 0.2) is 9.84 Å². The molecular formula is C18H16N2O2S. The highest BCUT2D eigenvalue weighted by molar-refractivity contribution is 7.91. The lowest BCUT2D eigenvalue weighted by Gasteiger charge is -2.15. The Morgan fingerprint density at radius 2 is 1.61 bits per heavy atom. The summed E-state index contributed by atoms with van der Waals surface area (Å²) < 4.78 is 25.0. The van der Waals surface area contributed by atoms with Gasteiger partial charge in [0.25, 0.3) is 0 Å². The molecule has 0 radical (unpaired) electrons. The van der Waals surface area contributed by atoms with Crippen LogP contribution in [0.15, 0.2) is 66.0 Å². The first kappa shape index (κ1) is 15.4. The van der Waals surface area contributed by atoms with Crippen LogP contribution >= 0.6 is 0 Å². The number of aryl methyl sites for hydroxylation is 1. The van der Waals surface area contributed by atoms with Crippen molar-refractivity contribution in [3.05, 3.63) is 66.6 Å². The van der Waals surface area contributed by atoms with E-state index in [4.69, 9.17) is 0 Å². The van der Waals surface area contributed by atoms with Gasteiger partial charge in [-0.3, -0.25) is 9.97 Å². The number of sulfone groups is 1. The van der Waals surface area contributed by atoms with E-state index in [1.165, 1.54) is 6.26 Å². The molecule has 23 heavy (non-hydrogen) atoms. The average Bonchev–Trinajstić information content (AvgIpc) is 2.55. The molecule has 0 aliphatic carbocycles. The van der Waals surface area contributed by atoms with Crippen LogP contribution < -0.4 is 0 Å². The minimum Gasteiger partial charge on any atom is -0.264 e. The highest BCUT2D eigenvalue weighted by Crippen LogP contribution is 2.36. The molecule has 3 aromatic rings. The van der Waals surface area contributed by atoms with Crippen molar-refractivity contribution in [2.75, 3.05) is 6.26 Å². The number of rotatable bonds is 3. The smallest absolute Gasteiger partial charge is 0.178 e. The van der Waals surface area contributed by atoms with Crippen molar-refractivity contribution in [3.63, 3.8) is 0 Å². The Hall–Kier alpha value is -2.53. The molecule has 4 nitrogen and oxygen atoms in total. The maximum atomic E-state index is 12.5. The summed E-state index contributed by atoms with van der Waals surface area (Å²) in [5, 5.41) is 0. The molecule has 116 valence electrons. The van der Waals surface area contributed by atoms with E-state index in [0.717, 1.165) is 11.1 Å². The molecule has 0 saturated heterocycles. The first-order valence-electron chi connectivity index (χ1n) is 7.14. The molecule has 0 saturated carbocycles. The lowest BCUT2D eigenvalue weighted by Crippen LogP contribution is -2.06. The van der Waals surface area contributed by atoms with Gasteiger partial charge in [-0.05, 0) is 30.2 Å². The van der Waals surface area contributed by atoms with Crippen LogP contribution in [0.4, 0.5) is 0 Å². The first-order chi connectivity index (χ1) is 11.0. The summed E-state index contributed by atoms with van der Waals surface area (Å²) in [5.41, 5.74) is 3.50. The monoisotopic (exact) mass is 324 g/mol. The first-order valence-corrected chi connectivity index (χ1v) is 9.03. The fourth-order valence-corrected chi connectivity index (χ4v) is 3.79. The largest absolute Gasteiger partial charge is 0.264 e. The highest BCUT2D eigenvalue weighted by Gasteiger charge is 2.23. The molecule has 2 heterocycles. The third kappa shape index (κ3) is 3.00. The van der Waals surface area contributed by atoms with Gasteiger partial charge in [-0.25, -0.2) is 8.42 Å². The second kappa shape index (κ2) is 5.93. The summed E-state index contributed by atoms with van der Waals surface area (Å²) >= 11 is 0. The molecule has 0 bridgehead atoms. The topological polar surface area (TPSA) is 59.9 Å². The quantitative estimate of drug-likeness (QED) is 0.739. The van der Waals surface area contributed by atoms with Crippen LogP contribution in [0.3, 0.4) is 0 Å². The van der Waals surface area contributed by atoms with Gasteiger partial charge in [0.05, 0.1) is 5.69 Å². The molecule has 2 aromatic heterocycles. The zero-order valence-corrected chi connectivity index (χ0v) is 13.7. The molecule has 0 fully saturated rings. The number of hydrogen-bond donors (Lipinski definition) is 0. The van der Waals surface area contributed by atoms with Crippen molar-refractivity contribution in [1.82, 2.24) is 9.97 Å². The van der Waals surface area contributed by atoms with Crippen molar-refractivity contribution < 1.29 is 8.42 Å². The minimum absolute atomic E-state index is 0.247. The average molecular weight is 324 g/mol. The summed E-state index contributed by atoms with van der Waals surface area (Å²) in [6.07, 6.45) is 6.20. The second-order valence-electron chi connectivity index (χ2n) is 5.37. The zero-order valence-electron chi connectivity index (χ0n) is 12.9. The number of aromatic nitrogens is 2. The molecule has 0 aliphatic heterocycles. The van der Waals surface area contributed by atoms with Crippen LogP contribution in [-0.2, 0) is 9.84 Å². The van der Waals surface area contributed by atoms with E-state index in [0.29, 0.717) is 16.8 Å². The fourth-order valence-electron chi connectivity index (χ4n) is 2.62. The fraction of sp³-hybridized carbons (Fsp3) is 0.111. The minimum atomic E-state index is -3.47. The number of nitrogens with zero attached hydrogens (tertiary/aromatic N) is 2. The van der Waals surface area contributed by atoms with Gasteiger partial charge in [-0.1, -0.05) is 30.3 Å². The third-order valence-electron chi connectivity index (χ3n) is 3.59. The molecule has 0 N–H and O–H groups in total. The van der Waals surface area contributed by atoms with Gasteiger partial charge < -0.3 is 0 Å². The van der Waals surface area contributed by atoms with Gasteiger partial charge in [0, 0.05) is 36.0 Å². The SMILES string of the molecule is Cc1cnc(-c2cccnc2)c(S(C)(=O)=O)c1-c1ccccc1. The second-order valence-corrected chi connectivity index (χ2v) is 7.33. The molecule has 0 unspecified atom stereocenters. The van der Waals surface area contributed by atoms with Gasteiger partial charge in [-0.15, -0.1) is 0 Å². The Kier molecular flexibility index (Phi) is 3.96. The molecule has 3 rings (SSSR count). The Balaban J connectivity index is 2.41. The van der Waals surface area contributed by atoms with Crippen LogP contribution in [0.1, 0.15) is 5.56 Å². The number of benzene rings is 1. The maximum Gasteiger partial charge on any atom is 0.178 e.